The molecule has 0 aromatic carbocycles. The van der Waals surface area contributed by atoms with Crippen molar-refractivity contribution in [3.63, 3.8) is 0 Å². The number of nitrogens with one attached hydrogen (secondary N) is 1. The van der Waals surface area contributed by atoms with Crippen LogP contribution >= 0.6 is 0 Å². The Hall–Kier alpha value is -2.77. The number of carbonyl (C=O) groups is 1. The first kappa shape index (κ1) is 16.4. The Morgan fingerprint density at radius 3 is 2.52 bits per heavy atom. The molecule has 0 atom stereocenters. The van der Waals surface area contributed by atoms with Gasteiger partial charge in [0.25, 0.3) is 5.91 Å². The Morgan fingerprint density at radius 2 is 1.85 bits per heavy atom. The van der Waals surface area contributed by atoms with Crippen LogP contribution in [0, 0.1) is 13.8 Å². The summed E-state index contributed by atoms with van der Waals surface area (Å²) in [5.74, 6) is 1.87. The van der Waals surface area contributed by atoms with Gasteiger partial charge in [0.15, 0.2) is 11.5 Å². The summed E-state index contributed by atoms with van der Waals surface area (Å²) in [6, 6.07) is 4.09. The molecular formula is C19H23N7O. The van der Waals surface area contributed by atoms with Crippen molar-refractivity contribution < 1.29 is 4.79 Å². The molecule has 2 fully saturated rings. The fourth-order valence-electron chi connectivity index (χ4n) is 4.04. The summed E-state index contributed by atoms with van der Waals surface area (Å²) in [4.78, 5) is 14.8. The van der Waals surface area contributed by atoms with E-state index in [1.54, 1.807) is 0 Å². The van der Waals surface area contributed by atoms with Crippen LogP contribution in [-0.4, -0.2) is 53.9 Å². The van der Waals surface area contributed by atoms with Gasteiger partial charge < -0.3 is 4.90 Å². The Bertz CT molecular complexity index is 989. The van der Waals surface area contributed by atoms with E-state index >= 15 is 0 Å². The van der Waals surface area contributed by atoms with Crippen LogP contribution < -0.4 is 0 Å². The van der Waals surface area contributed by atoms with Crippen molar-refractivity contribution in [1.29, 1.82) is 0 Å². The van der Waals surface area contributed by atoms with Crippen molar-refractivity contribution in [2.45, 2.75) is 51.4 Å². The second kappa shape index (κ2) is 6.14. The van der Waals surface area contributed by atoms with E-state index in [-0.39, 0.29) is 11.8 Å². The van der Waals surface area contributed by atoms with Crippen molar-refractivity contribution in [2.24, 2.45) is 0 Å². The highest BCUT2D eigenvalue weighted by Gasteiger charge is 2.30. The summed E-state index contributed by atoms with van der Waals surface area (Å²) < 4.78 is 1.92. The average Bonchev–Trinajstić information content (AvgIpc) is 3.37. The molecule has 4 heterocycles. The first-order valence-electron chi connectivity index (χ1n) is 9.65. The third kappa shape index (κ3) is 2.79. The lowest BCUT2D eigenvalue weighted by Gasteiger charge is -2.31. The van der Waals surface area contributed by atoms with Gasteiger partial charge in [0.2, 0.25) is 0 Å². The lowest BCUT2D eigenvalue weighted by Crippen LogP contribution is -2.38. The molecule has 3 aromatic rings. The highest BCUT2D eigenvalue weighted by atomic mass is 16.2. The van der Waals surface area contributed by atoms with Crippen LogP contribution in [0.25, 0.3) is 5.65 Å². The first-order valence-corrected chi connectivity index (χ1v) is 9.65. The number of aryl methyl sites for hydroxylation is 2. The Labute approximate surface area is 157 Å². The van der Waals surface area contributed by atoms with E-state index in [1.807, 2.05) is 29.3 Å². The van der Waals surface area contributed by atoms with Gasteiger partial charge in [0, 0.05) is 30.6 Å². The number of amides is 1. The average molecular weight is 365 g/mol. The van der Waals surface area contributed by atoms with Crippen molar-refractivity contribution >= 4 is 11.6 Å². The molecular weight excluding hydrogens is 342 g/mol. The minimum Gasteiger partial charge on any atom is -0.338 e. The van der Waals surface area contributed by atoms with Gasteiger partial charge >= 0.3 is 0 Å². The van der Waals surface area contributed by atoms with E-state index in [2.05, 4.69) is 26.5 Å². The summed E-state index contributed by atoms with van der Waals surface area (Å²) in [7, 11) is 0. The van der Waals surface area contributed by atoms with Crippen molar-refractivity contribution in [3.8, 4) is 0 Å². The number of hydrogen-bond acceptors (Lipinski definition) is 5. The van der Waals surface area contributed by atoms with E-state index in [0.29, 0.717) is 24.6 Å². The zero-order valence-corrected chi connectivity index (χ0v) is 15.6. The minimum absolute atomic E-state index is 0.0671. The Balaban J connectivity index is 1.34. The second-order valence-corrected chi connectivity index (χ2v) is 7.74. The number of carbonyl (C=O) groups excluding carboxylic acids is 1. The van der Waals surface area contributed by atoms with Crippen molar-refractivity contribution in [2.75, 3.05) is 13.1 Å². The van der Waals surface area contributed by atoms with E-state index in [9.17, 15) is 4.79 Å². The van der Waals surface area contributed by atoms with Crippen LogP contribution in [0.4, 0.5) is 0 Å². The quantitative estimate of drug-likeness (QED) is 0.769. The first-order chi connectivity index (χ1) is 13.1. The van der Waals surface area contributed by atoms with Gasteiger partial charge in [-0.05, 0) is 51.7 Å². The van der Waals surface area contributed by atoms with Crippen LogP contribution in [0.15, 0.2) is 12.1 Å². The molecule has 2 aliphatic rings. The molecule has 0 radical (unpaired) electrons. The molecule has 3 aromatic heterocycles. The number of rotatable bonds is 3. The number of likely N-dealkylation sites (tertiary alicyclic amines) is 1. The molecule has 8 heteroatoms. The normalized spacial score (nSPS) is 18.4. The monoisotopic (exact) mass is 365 g/mol. The van der Waals surface area contributed by atoms with E-state index in [1.165, 1.54) is 12.8 Å². The molecule has 1 aliphatic carbocycles. The van der Waals surface area contributed by atoms with Crippen molar-refractivity contribution in [3.05, 3.63) is 40.6 Å². The highest BCUT2D eigenvalue weighted by molar-refractivity contribution is 5.96. The summed E-state index contributed by atoms with van der Waals surface area (Å²) in [5, 5.41) is 20.5. The maximum absolute atomic E-state index is 12.9. The van der Waals surface area contributed by atoms with Crippen LogP contribution in [0.3, 0.4) is 0 Å². The van der Waals surface area contributed by atoms with Gasteiger partial charge in [-0.3, -0.25) is 9.89 Å². The van der Waals surface area contributed by atoms with E-state index in [4.69, 9.17) is 5.10 Å². The third-order valence-electron chi connectivity index (χ3n) is 5.79. The number of fused-ring (bicyclic) bond motifs is 1. The van der Waals surface area contributed by atoms with Crippen LogP contribution in [0.1, 0.15) is 70.8 Å². The SMILES string of the molecule is Cc1n[nH]c(C)c1C(=O)N1CCC(c2nnc3ccc(C4CC4)nn23)CC1. The fraction of sp³-hybridized carbons (Fsp3) is 0.526. The molecule has 27 heavy (non-hydrogen) atoms. The van der Waals surface area contributed by atoms with E-state index in [0.717, 1.165) is 41.4 Å². The van der Waals surface area contributed by atoms with E-state index < -0.39 is 0 Å². The smallest absolute Gasteiger partial charge is 0.257 e. The highest BCUT2D eigenvalue weighted by Crippen LogP contribution is 2.39. The van der Waals surface area contributed by atoms with Crippen LogP contribution in [-0.2, 0) is 0 Å². The summed E-state index contributed by atoms with van der Waals surface area (Å²) in [5.41, 5.74) is 4.25. The number of aromatic amines is 1. The fourth-order valence-corrected chi connectivity index (χ4v) is 4.04. The lowest BCUT2D eigenvalue weighted by molar-refractivity contribution is 0.0709. The third-order valence-corrected chi connectivity index (χ3v) is 5.79. The van der Waals surface area contributed by atoms with Crippen LogP contribution in [0.5, 0.6) is 0 Å². The maximum atomic E-state index is 12.9. The summed E-state index contributed by atoms with van der Waals surface area (Å²) >= 11 is 0. The zero-order chi connectivity index (χ0) is 18.5. The molecule has 1 saturated carbocycles. The maximum Gasteiger partial charge on any atom is 0.257 e. The Morgan fingerprint density at radius 1 is 1.07 bits per heavy atom. The van der Waals surface area contributed by atoms with Gasteiger partial charge in [0.1, 0.15) is 0 Å². The molecule has 1 N–H and O–H groups in total. The van der Waals surface area contributed by atoms with Gasteiger partial charge in [-0.25, -0.2) is 0 Å². The molecule has 140 valence electrons. The molecule has 0 spiro atoms. The molecule has 1 saturated heterocycles. The number of nitrogens with zero attached hydrogens (tertiary/aromatic N) is 6. The topological polar surface area (TPSA) is 92.1 Å². The number of piperidine rings is 1. The molecule has 8 nitrogen and oxygen atoms in total. The predicted molar refractivity (Wildman–Crippen MR) is 98.7 cm³/mol. The number of H-pyrrole nitrogens is 1. The largest absolute Gasteiger partial charge is 0.338 e. The number of aromatic nitrogens is 6. The molecule has 1 amide bonds. The van der Waals surface area contributed by atoms with Gasteiger partial charge in [0.05, 0.1) is 17.0 Å². The second-order valence-electron chi connectivity index (χ2n) is 7.74. The summed E-state index contributed by atoms with van der Waals surface area (Å²) in [6.45, 7) is 5.19. The zero-order valence-electron chi connectivity index (χ0n) is 15.6. The molecule has 1 aliphatic heterocycles. The number of hydrogen-bond donors (Lipinski definition) is 1. The van der Waals surface area contributed by atoms with Crippen molar-refractivity contribution in [1.82, 2.24) is 34.9 Å². The summed E-state index contributed by atoms with van der Waals surface area (Å²) in [6.07, 6.45) is 4.20. The molecule has 0 unspecified atom stereocenters. The van der Waals surface area contributed by atoms with Crippen LogP contribution in [0.2, 0.25) is 0 Å². The van der Waals surface area contributed by atoms with Gasteiger partial charge in [-0.1, -0.05) is 0 Å². The van der Waals surface area contributed by atoms with Gasteiger partial charge in [-0.2, -0.15) is 14.7 Å². The lowest BCUT2D eigenvalue weighted by atomic mass is 9.95. The minimum atomic E-state index is 0.0671. The molecule has 5 rings (SSSR count). The molecule has 0 bridgehead atoms. The standard InChI is InChI=1S/C19H23N7O/c1-11-17(12(2)21-20-11)19(27)25-9-7-14(8-10-25)18-23-22-16-6-5-15(13-3-4-13)24-26(16)18/h5-6,13-14H,3-4,7-10H2,1-2H3,(H,20,21). The van der Waals surface area contributed by atoms with Gasteiger partial charge in [-0.15, -0.1) is 10.2 Å². The Kier molecular flexibility index (Phi) is 3.73. The predicted octanol–water partition coefficient (Wildman–Crippen LogP) is 2.36.